The van der Waals surface area contributed by atoms with Gasteiger partial charge in [0.1, 0.15) is 17.0 Å². The Morgan fingerprint density at radius 1 is 1.14 bits per heavy atom. The highest BCUT2D eigenvalue weighted by Crippen LogP contribution is 2.32. The van der Waals surface area contributed by atoms with Crippen molar-refractivity contribution in [2.45, 2.75) is 13.5 Å². The van der Waals surface area contributed by atoms with Crippen LogP contribution in [0.5, 0.6) is 11.5 Å². The molecule has 0 aliphatic heterocycles. The van der Waals surface area contributed by atoms with Gasteiger partial charge in [-0.15, -0.1) is 0 Å². The smallest absolute Gasteiger partial charge is 0.411 e. The molecule has 0 unspecified atom stereocenters. The molecular formula is C20H21N3O6. The lowest BCUT2D eigenvalue weighted by Gasteiger charge is -2.12. The highest BCUT2D eigenvalue weighted by Gasteiger charge is 2.17. The van der Waals surface area contributed by atoms with Gasteiger partial charge in [0.05, 0.1) is 39.1 Å². The molecule has 0 aliphatic rings. The molecule has 9 nitrogen and oxygen atoms in total. The molecule has 0 fully saturated rings. The number of carbonyl (C=O) groups is 2. The van der Waals surface area contributed by atoms with Crippen molar-refractivity contribution in [1.82, 2.24) is 9.78 Å². The number of fused-ring (bicyclic) bond motifs is 1. The second-order valence-electron chi connectivity index (χ2n) is 6.27. The Morgan fingerprint density at radius 3 is 2.55 bits per heavy atom. The van der Waals surface area contributed by atoms with Crippen LogP contribution in [0.2, 0.25) is 0 Å². The molecule has 2 N–H and O–H groups in total. The van der Waals surface area contributed by atoms with Crippen LogP contribution in [-0.2, 0) is 16.0 Å². The fourth-order valence-electron chi connectivity index (χ4n) is 3.09. The molecule has 1 amide bonds. The van der Waals surface area contributed by atoms with E-state index in [-0.39, 0.29) is 5.75 Å². The normalized spacial score (nSPS) is 10.6. The van der Waals surface area contributed by atoms with Crippen LogP contribution in [0.15, 0.2) is 30.3 Å². The molecule has 0 aliphatic carbocycles. The van der Waals surface area contributed by atoms with E-state index in [4.69, 9.17) is 9.47 Å². The number of nitrogens with zero attached hydrogens (tertiary/aromatic N) is 2. The summed E-state index contributed by atoms with van der Waals surface area (Å²) in [6.45, 7) is 2.10. The SMILES string of the molecule is COC(=O)Nc1cc(O)c2c(c1)c(C)nn2Cc1ccc(C(=O)OC)cc1OC. The summed E-state index contributed by atoms with van der Waals surface area (Å²) in [5.74, 6) is -0.00386. The minimum absolute atomic E-state index is 0.0420. The maximum atomic E-state index is 11.7. The Bertz CT molecular complexity index is 1090. The van der Waals surface area contributed by atoms with Gasteiger partial charge in [-0.3, -0.25) is 10.00 Å². The predicted molar refractivity (Wildman–Crippen MR) is 106 cm³/mol. The number of nitrogens with one attached hydrogen (secondary N) is 1. The lowest BCUT2D eigenvalue weighted by Crippen LogP contribution is -2.10. The summed E-state index contributed by atoms with van der Waals surface area (Å²) in [7, 11) is 4.08. The van der Waals surface area contributed by atoms with Crippen molar-refractivity contribution >= 4 is 28.7 Å². The van der Waals surface area contributed by atoms with Crippen LogP contribution in [-0.4, -0.2) is 48.3 Å². The predicted octanol–water partition coefficient (Wildman–Crippen LogP) is 3.07. The highest BCUT2D eigenvalue weighted by atomic mass is 16.5. The molecular weight excluding hydrogens is 378 g/mol. The molecule has 3 rings (SSSR count). The lowest BCUT2D eigenvalue weighted by molar-refractivity contribution is 0.0600. The number of benzene rings is 2. The van der Waals surface area contributed by atoms with Crippen LogP contribution in [0, 0.1) is 6.92 Å². The Labute approximate surface area is 166 Å². The first kappa shape index (κ1) is 20.0. The number of anilines is 1. The topological polar surface area (TPSA) is 112 Å². The summed E-state index contributed by atoms with van der Waals surface area (Å²) in [6.07, 6.45) is -0.635. The monoisotopic (exact) mass is 399 g/mol. The molecule has 2 aromatic carbocycles. The maximum absolute atomic E-state index is 11.7. The number of phenolic OH excluding ortho intramolecular Hbond substituents is 1. The summed E-state index contributed by atoms with van der Waals surface area (Å²) < 4.78 is 16.4. The van der Waals surface area contributed by atoms with Crippen molar-refractivity contribution in [3.05, 3.63) is 47.2 Å². The number of hydrogen-bond donors (Lipinski definition) is 2. The third kappa shape index (κ3) is 3.93. The van der Waals surface area contributed by atoms with Crippen molar-refractivity contribution in [2.75, 3.05) is 26.6 Å². The summed E-state index contributed by atoms with van der Waals surface area (Å²) >= 11 is 0. The molecule has 1 aromatic heterocycles. The third-order valence-electron chi connectivity index (χ3n) is 4.47. The number of esters is 1. The number of ether oxygens (including phenoxy) is 3. The number of aromatic nitrogens is 2. The maximum Gasteiger partial charge on any atom is 0.411 e. The largest absolute Gasteiger partial charge is 0.506 e. The first-order valence-electron chi connectivity index (χ1n) is 8.68. The summed E-state index contributed by atoms with van der Waals surface area (Å²) in [4.78, 5) is 23.2. The molecule has 9 heteroatoms. The average Bonchev–Trinajstić information content (AvgIpc) is 3.03. The fourth-order valence-corrected chi connectivity index (χ4v) is 3.09. The van der Waals surface area contributed by atoms with Gasteiger partial charge in [-0.1, -0.05) is 6.07 Å². The van der Waals surface area contributed by atoms with Gasteiger partial charge in [0.25, 0.3) is 0 Å². The van der Waals surface area contributed by atoms with E-state index in [0.29, 0.717) is 40.1 Å². The highest BCUT2D eigenvalue weighted by molar-refractivity contribution is 5.94. The van der Waals surface area contributed by atoms with Crippen LogP contribution in [0.25, 0.3) is 10.9 Å². The number of rotatable bonds is 5. The quantitative estimate of drug-likeness (QED) is 0.634. The van der Waals surface area contributed by atoms with E-state index in [2.05, 4.69) is 15.2 Å². The Morgan fingerprint density at radius 2 is 1.90 bits per heavy atom. The molecule has 0 atom stereocenters. The summed E-state index contributed by atoms with van der Waals surface area (Å²) in [5, 5.41) is 18.3. The number of amides is 1. The summed E-state index contributed by atoms with van der Waals surface area (Å²) in [5.41, 5.74) is 2.71. The molecule has 152 valence electrons. The fraction of sp³-hybridized carbons (Fsp3) is 0.250. The van der Waals surface area contributed by atoms with Crippen molar-refractivity contribution < 1.29 is 28.9 Å². The molecule has 0 radical (unpaired) electrons. The van der Waals surface area contributed by atoms with E-state index in [1.54, 1.807) is 35.9 Å². The zero-order valence-electron chi connectivity index (χ0n) is 16.5. The van der Waals surface area contributed by atoms with Gasteiger partial charge in [-0.2, -0.15) is 5.10 Å². The Hall–Kier alpha value is -3.75. The van der Waals surface area contributed by atoms with Crippen LogP contribution in [0.4, 0.5) is 10.5 Å². The number of methoxy groups -OCH3 is 3. The van der Waals surface area contributed by atoms with Crippen molar-refractivity contribution in [3.8, 4) is 11.5 Å². The van der Waals surface area contributed by atoms with Gasteiger partial charge in [-0.25, -0.2) is 9.59 Å². The molecule has 29 heavy (non-hydrogen) atoms. The number of carbonyl (C=O) groups excluding carboxylic acids is 2. The summed E-state index contributed by atoms with van der Waals surface area (Å²) in [6, 6.07) is 8.12. The van der Waals surface area contributed by atoms with E-state index < -0.39 is 12.1 Å². The minimum atomic E-state index is -0.635. The van der Waals surface area contributed by atoms with Gasteiger partial charge in [0.2, 0.25) is 0 Å². The van der Waals surface area contributed by atoms with Crippen molar-refractivity contribution in [2.24, 2.45) is 0 Å². The first-order valence-corrected chi connectivity index (χ1v) is 8.68. The van der Waals surface area contributed by atoms with Crippen LogP contribution < -0.4 is 10.1 Å². The second kappa shape index (κ2) is 8.09. The van der Waals surface area contributed by atoms with E-state index in [9.17, 15) is 14.7 Å². The van der Waals surface area contributed by atoms with Crippen LogP contribution in [0.3, 0.4) is 0 Å². The average molecular weight is 399 g/mol. The molecule has 0 spiro atoms. The van der Waals surface area contributed by atoms with E-state index in [1.807, 2.05) is 0 Å². The number of phenols is 1. The molecule has 0 saturated heterocycles. The third-order valence-corrected chi connectivity index (χ3v) is 4.47. The molecule has 0 bridgehead atoms. The zero-order valence-corrected chi connectivity index (χ0v) is 16.5. The van der Waals surface area contributed by atoms with E-state index >= 15 is 0 Å². The first-order chi connectivity index (χ1) is 13.9. The van der Waals surface area contributed by atoms with Crippen LogP contribution >= 0.6 is 0 Å². The van der Waals surface area contributed by atoms with E-state index in [1.165, 1.54) is 27.4 Å². The number of hydrogen-bond acceptors (Lipinski definition) is 7. The Balaban J connectivity index is 2.01. The molecule has 3 aromatic rings. The van der Waals surface area contributed by atoms with Gasteiger partial charge < -0.3 is 19.3 Å². The standard InChI is InChI=1S/C20H21N3O6/c1-11-15-8-14(21-20(26)29-4)9-16(24)18(15)23(22-11)10-13-6-5-12(19(25)28-3)7-17(13)27-2/h5-9,24H,10H2,1-4H3,(H,21,26). The van der Waals surface area contributed by atoms with Gasteiger partial charge in [0, 0.05) is 22.7 Å². The number of aryl methyl sites for hydroxylation is 1. The van der Waals surface area contributed by atoms with Crippen molar-refractivity contribution in [3.63, 3.8) is 0 Å². The minimum Gasteiger partial charge on any atom is -0.506 e. The molecule has 0 saturated carbocycles. The van der Waals surface area contributed by atoms with Gasteiger partial charge >= 0.3 is 12.1 Å². The molecule has 1 heterocycles. The van der Waals surface area contributed by atoms with Crippen LogP contribution in [0.1, 0.15) is 21.6 Å². The Kier molecular flexibility index (Phi) is 5.58. The van der Waals surface area contributed by atoms with Crippen molar-refractivity contribution in [1.29, 1.82) is 0 Å². The lowest BCUT2D eigenvalue weighted by atomic mass is 10.1. The second-order valence-corrected chi connectivity index (χ2v) is 6.27. The van der Waals surface area contributed by atoms with Gasteiger partial charge in [-0.05, 0) is 25.1 Å². The zero-order chi connectivity index (χ0) is 21.1. The van der Waals surface area contributed by atoms with Gasteiger partial charge in [0.15, 0.2) is 0 Å². The number of aromatic hydroxyl groups is 1. The van der Waals surface area contributed by atoms with E-state index in [0.717, 1.165) is 5.56 Å².